The van der Waals surface area contributed by atoms with Gasteiger partial charge >= 0.3 is 6.09 Å². The molecule has 1 atom stereocenters. The Bertz CT molecular complexity index is 1500. The highest BCUT2D eigenvalue weighted by atomic mass is 35.5. The van der Waals surface area contributed by atoms with Crippen molar-refractivity contribution in [3.05, 3.63) is 94.4 Å². The Hall–Kier alpha value is -3.63. The van der Waals surface area contributed by atoms with E-state index in [1.54, 1.807) is 19.1 Å². The van der Waals surface area contributed by atoms with Gasteiger partial charge in [-0.1, -0.05) is 23.7 Å². The number of fused-ring (bicyclic) bond motifs is 3. The maximum atomic E-state index is 13.5. The van der Waals surface area contributed by atoms with E-state index in [0.717, 1.165) is 59.5 Å². The first-order valence-corrected chi connectivity index (χ1v) is 14.8. The molecule has 2 heterocycles. The molecule has 0 aliphatic carbocycles. The van der Waals surface area contributed by atoms with Crippen molar-refractivity contribution < 1.29 is 28.1 Å². The number of halogens is 2. The van der Waals surface area contributed by atoms with E-state index in [0.29, 0.717) is 37.8 Å². The average molecular weight is 610 g/mol. The number of carbonyl (C=O) groups is 1. The Labute approximate surface area is 256 Å². The lowest BCUT2D eigenvalue weighted by Crippen LogP contribution is -2.42. The van der Waals surface area contributed by atoms with Gasteiger partial charge < -0.3 is 23.9 Å². The standard InChI is InChI=1S/C33H37ClFN3O5/c1-40-19-16-37(17-20-41-2)14-4-18-42-27-6-3-5-23(21-27)32-31-28(29-22-24(34)7-12-30(29)36-31)13-15-38(32)33(39)43-26-10-8-25(35)9-11-26/h3,5-12,21-22,32,36H,4,13-20H2,1-2H3. The van der Waals surface area contributed by atoms with Crippen molar-refractivity contribution >= 4 is 28.6 Å². The molecule has 5 rings (SSSR count). The number of aromatic nitrogens is 1. The largest absolute Gasteiger partial charge is 0.494 e. The molecule has 3 aromatic carbocycles. The van der Waals surface area contributed by atoms with Crippen molar-refractivity contribution in [3.63, 3.8) is 0 Å². The van der Waals surface area contributed by atoms with Crippen LogP contribution in [0, 0.1) is 5.82 Å². The number of hydrogen-bond acceptors (Lipinski definition) is 6. The Morgan fingerprint density at radius 3 is 2.49 bits per heavy atom. The number of methoxy groups -OCH3 is 2. The number of nitrogens with zero attached hydrogens (tertiary/aromatic N) is 2. The van der Waals surface area contributed by atoms with Gasteiger partial charge in [0.2, 0.25) is 0 Å². The molecule has 1 aliphatic heterocycles. The maximum Gasteiger partial charge on any atom is 0.416 e. The fourth-order valence-electron chi connectivity index (χ4n) is 5.49. The van der Waals surface area contributed by atoms with Crippen LogP contribution in [0.15, 0.2) is 66.7 Å². The molecule has 228 valence electrons. The van der Waals surface area contributed by atoms with E-state index in [1.165, 1.54) is 24.3 Å². The second kappa shape index (κ2) is 14.7. The molecule has 8 nitrogen and oxygen atoms in total. The summed E-state index contributed by atoms with van der Waals surface area (Å²) in [5.74, 6) is 0.601. The minimum absolute atomic E-state index is 0.279. The summed E-state index contributed by atoms with van der Waals surface area (Å²) in [5, 5.41) is 1.69. The van der Waals surface area contributed by atoms with E-state index in [1.807, 2.05) is 42.5 Å². The molecule has 1 amide bonds. The number of benzene rings is 3. The molecular weight excluding hydrogens is 573 g/mol. The molecule has 0 saturated carbocycles. The third kappa shape index (κ3) is 7.67. The normalized spacial score (nSPS) is 14.7. The van der Waals surface area contributed by atoms with Crippen LogP contribution >= 0.6 is 11.6 Å². The van der Waals surface area contributed by atoms with Gasteiger partial charge in [0.15, 0.2) is 0 Å². The minimum atomic E-state index is -0.516. The Morgan fingerprint density at radius 1 is 0.977 bits per heavy atom. The first-order chi connectivity index (χ1) is 21.0. The van der Waals surface area contributed by atoms with Crippen LogP contribution in [0.5, 0.6) is 11.5 Å². The summed E-state index contributed by atoms with van der Waals surface area (Å²) in [6.07, 6.45) is 0.950. The van der Waals surface area contributed by atoms with E-state index in [2.05, 4.69) is 9.88 Å². The number of rotatable bonds is 13. The number of amides is 1. The fraction of sp³-hybridized carbons (Fsp3) is 0.364. The van der Waals surface area contributed by atoms with E-state index >= 15 is 0 Å². The molecule has 0 spiro atoms. The quantitative estimate of drug-likeness (QED) is 0.175. The third-order valence-corrected chi connectivity index (χ3v) is 7.86. The minimum Gasteiger partial charge on any atom is -0.494 e. The van der Waals surface area contributed by atoms with Gasteiger partial charge in [0, 0.05) is 62.0 Å². The number of carbonyl (C=O) groups excluding carboxylic acids is 1. The summed E-state index contributed by atoms with van der Waals surface area (Å²) in [6, 6.07) is 18.6. The fourth-order valence-corrected chi connectivity index (χ4v) is 5.67. The average Bonchev–Trinajstić information content (AvgIpc) is 3.38. The zero-order chi connectivity index (χ0) is 30.2. The smallest absolute Gasteiger partial charge is 0.416 e. The third-order valence-electron chi connectivity index (χ3n) is 7.63. The van der Waals surface area contributed by atoms with Crippen LogP contribution < -0.4 is 9.47 Å². The molecule has 0 fully saturated rings. The maximum absolute atomic E-state index is 13.5. The highest BCUT2D eigenvalue weighted by molar-refractivity contribution is 6.31. The predicted octanol–water partition coefficient (Wildman–Crippen LogP) is 6.47. The Kier molecular flexibility index (Phi) is 10.5. The number of hydrogen-bond donors (Lipinski definition) is 1. The van der Waals surface area contributed by atoms with Crippen LogP contribution in [-0.4, -0.2) is 81.1 Å². The van der Waals surface area contributed by atoms with Crippen LogP contribution in [0.25, 0.3) is 10.9 Å². The summed E-state index contributed by atoms with van der Waals surface area (Å²) >= 11 is 6.35. The second-order valence-electron chi connectivity index (χ2n) is 10.5. The van der Waals surface area contributed by atoms with Gasteiger partial charge in [-0.25, -0.2) is 9.18 Å². The summed E-state index contributed by atoms with van der Waals surface area (Å²) in [5.41, 5.74) is 3.86. The Morgan fingerprint density at radius 2 is 1.74 bits per heavy atom. The van der Waals surface area contributed by atoms with Crippen molar-refractivity contribution in [2.24, 2.45) is 0 Å². The van der Waals surface area contributed by atoms with Crippen molar-refractivity contribution in [1.82, 2.24) is 14.8 Å². The topological polar surface area (TPSA) is 76.3 Å². The lowest BCUT2D eigenvalue weighted by Gasteiger charge is -2.35. The van der Waals surface area contributed by atoms with Gasteiger partial charge in [-0.05, 0) is 78.6 Å². The lowest BCUT2D eigenvalue weighted by atomic mass is 9.92. The molecule has 10 heteroatoms. The molecule has 1 aromatic heterocycles. The summed E-state index contributed by atoms with van der Waals surface area (Å²) in [7, 11) is 3.41. The zero-order valence-electron chi connectivity index (χ0n) is 24.5. The van der Waals surface area contributed by atoms with Gasteiger partial charge in [-0.3, -0.25) is 9.80 Å². The number of nitrogens with one attached hydrogen (secondary N) is 1. The first kappa shape index (κ1) is 30.8. The molecule has 1 unspecified atom stereocenters. The van der Waals surface area contributed by atoms with E-state index in [4.69, 9.17) is 30.5 Å². The van der Waals surface area contributed by atoms with Gasteiger partial charge in [0.05, 0.1) is 19.8 Å². The van der Waals surface area contributed by atoms with Crippen LogP contribution in [0.2, 0.25) is 5.02 Å². The number of ether oxygens (including phenoxy) is 4. The Balaban J connectivity index is 1.37. The molecule has 4 aromatic rings. The van der Waals surface area contributed by atoms with Gasteiger partial charge in [0.25, 0.3) is 0 Å². The van der Waals surface area contributed by atoms with Crippen LogP contribution in [0.4, 0.5) is 9.18 Å². The number of H-pyrrole nitrogens is 1. The molecule has 0 radical (unpaired) electrons. The van der Waals surface area contributed by atoms with Crippen molar-refractivity contribution in [1.29, 1.82) is 0 Å². The summed E-state index contributed by atoms with van der Waals surface area (Å²) in [6.45, 7) is 4.82. The summed E-state index contributed by atoms with van der Waals surface area (Å²) < 4.78 is 35.8. The van der Waals surface area contributed by atoms with E-state index in [-0.39, 0.29) is 5.75 Å². The lowest BCUT2D eigenvalue weighted by molar-refractivity contribution is 0.110. The predicted molar refractivity (Wildman–Crippen MR) is 165 cm³/mol. The molecule has 0 bridgehead atoms. The molecule has 1 aliphatic rings. The van der Waals surface area contributed by atoms with Gasteiger partial charge in [-0.2, -0.15) is 0 Å². The van der Waals surface area contributed by atoms with Gasteiger partial charge in [-0.15, -0.1) is 0 Å². The molecule has 1 N–H and O–H groups in total. The second-order valence-corrected chi connectivity index (χ2v) is 10.9. The molecule has 43 heavy (non-hydrogen) atoms. The van der Waals surface area contributed by atoms with Crippen molar-refractivity contribution in [2.75, 3.05) is 60.2 Å². The highest BCUT2D eigenvalue weighted by Crippen LogP contribution is 2.40. The highest BCUT2D eigenvalue weighted by Gasteiger charge is 2.36. The van der Waals surface area contributed by atoms with Crippen LogP contribution in [0.3, 0.4) is 0 Å². The molecule has 0 saturated heterocycles. The first-order valence-electron chi connectivity index (χ1n) is 14.4. The monoisotopic (exact) mass is 609 g/mol. The van der Waals surface area contributed by atoms with Crippen molar-refractivity contribution in [3.8, 4) is 11.5 Å². The van der Waals surface area contributed by atoms with Crippen molar-refractivity contribution in [2.45, 2.75) is 18.9 Å². The molecular formula is C33H37ClFN3O5. The van der Waals surface area contributed by atoms with Gasteiger partial charge in [0.1, 0.15) is 23.4 Å². The van der Waals surface area contributed by atoms with E-state index in [9.17, 15) is 9.18 Å². The van der Waals surface area contributed by atoms with E-state index < -0.39 is 18.0 Å². The number of aromatic amines is 1. The summed E-state index contributed by atoms with van der Waals surface area (Å²) in [4.78, 5) is 21.1. The van der Waals surface area contributed by atoms with Crippen LogP contribution in [-0.2, 0) is 15.9 Å². The zero-order valence-corrected chi connectivity index (χ0v) is 25.2. The SMILES string of the molecule is COCCN(CCCOc1cccc(C2c3[nH]c4ccc(Cl)cc4c3CCN2C(=O)Oc2ccc(F)cc2)c1)CCOC. The van der Waals surface area contributed by atoms with Crippen LogP contribution in [0.1, 0.15) is 29.3 Å².